The van der Waals surface area contributed by atoms with E-state index in [9.17, 15) is 5.11 Å². The summed E-state index contributed by atoms with van der Waals surface area (Å²) < 4.78 is 0. The maximum Gasteiger partial charge on any atom is 0.148 e. The minimum atomic E-state index is -0.333. The summed E-state index contributed by atoms with van der Waals surface area (Å²) in [6, 6.07) is 9.78. The summed E-state index contributed by atoms with van der Waals surface area (Å²) in [4.78, 5) is 0. The normalized spacial score (nSPS) is 11.2. The number of aliphatic hydroxyl groups is 2. The molecular weight excluding hydrogens is 280 g/mol. The van der Waals surface area contributed by atoms with E-state index in [1.807, 2.05) is 0 Å². The van der Waals surface area contributed by atoms with Gasteiger partial charge in [0.25, 0.3) is 0 Å². The zero-order valence-electron chi connectivity index (χ0n) is 10.5. The Morgan fingerprint density at radius 1 is 0.950 bits per heavy atom. The standard InChI is InChI=1S/C14H13ClN2O3/c15-11-5-10(8-19)14(20)13(6-11)17-16-12-3-1-9(7-18)2-4-12/h1-6,18-20H,7-8H2. The Kier molecular flexibility index (Phi) is 4.68. The Bertz CT molecular complexity index is 627. The lowest BCUT2D eigenvalue weighted by Crippen LogP contribution is -1.84. The average Bonchev–Trinajstić information content (AvgIpc) is 2.48. The van der Waals surface area contributed by atoms with Crippen molar-refractivity contribution in [3.05, 3.63) is 52.5 Å². The van der Waals surface area contributed by atoms with Gasteiger partial charge in [0.15, 0.2) is 0 Å². The van der Waals surface area contributed by atoms with Crippen LogP contribution < -0.4 is 0 Å². The summed E-state index contributed by atoms with van der Waals surface area (Å²) >= 11 is 5.87. The molecule has 104 valence electrons. The van der Waals surface area contributed by atoms with Crippen LogP contribution in [0.3, 0.4) is 0 Å². The van der Waals surface area contributed by atoms with E-state index in [1.54, 1.807) is 24.3 Å². The Morgan fingerprint density at radius 3 is 2.25 bits per heavy atom. The maximum absolute atomic E-state index is 9.87. The van der Waals surface area contributed by atoms with E-state index in [0.717, 1.165) is 5.56 Å². The van der Waals surface area contributed by atoms with Crippen LogP contribution in [0.4, 0.5) is 11.4 Å². The molecule has 2 aromatic carbocycles. The number of hydrogen-bond donors (Lipinski definition) is 3. The number of hydrogen-bond acceptors (Lipinski definition) is 5. The Hall–Kier alpha value is -1.95. The highest BCUT2D eigenvalue weighted by atomic mass is 35.5. The predicted molar refractivity (Wildman–Crippen MR) is 75.6 cm³/mol. The number of phenols is 1. The van der Waals surface area contributed by atoms with E-state index < -0.39 is 0 Å². The van der Waals surface area contributed by atoms with Gasteiger partial charge in [0, 0.05) is 10.6 Å². The third kappa shape index (κ3) is 3.33. The predicted octanol–water partition coefficient (Wildman–Crippen LogP) is 3.45. The number of aromatic hydroxyl groups is 1. The van der Waals surface area contributed by atoms with Crippen LogP contribution in [0.1, 0.15) is 11.1 Å². The topological polar surface area (TPSA) is 85.4 Å². The second-order valence-corrected chi connectivity index (χ2v) is 4.55. The fourth-order valence-electron chi connectivity index (χ4n) is 1.62. The minimum Gasteiger partial charge on any atom is -0.505 e. The van der Waals surface area contributed by atoms with E-state index in [0.29, 0.717) is 16.3 Å². The van der Waals surface area contributed by atoms with Gasteiger partial charge < -0.3 is 15.3 Å². The molecule has 20 heavy (non-hydrogen) atoms. The summed E-state index contributed by atoms with van der Waals surface area (Å²) in [5.74, 6) is -0.146. The highest BCUT2D eigenvalue weighted by Crippen LogP contribution is 2.34. The zero-order valence-corrected chi connectivity index (χ0v) is 11.2. The van der Waals surface area contributed by atoms with Crippen molar-refractivity contribution in [3.8, 4) is 5.75 Å². The Balaban J connectivity index is 2.28. The molecule has 0 spiro atoms. The van der Waals surface area contributed by atoms with Crippen molar-refractivity contribution in [2.24, 2.45) is 10.2 Å². The lowest BCUT2D eigenvalue weighted by molar-refractivity contribution is 0.275. The molecule has 0 radical (unpaired) electrons. The van der Waals surface area contributed by atoms with Crippen molar-refractivity contribution < 1.29 is 15.3 Å². The van der Waals surface area contributed by atoms with Crippen molar-refractivity contribution >= 4 is 23.0 Å². The van der Waals surface area contributed by atoms with Crippen LogP contribution in [-0.4, -0.2) is 15.3 Å². The molecule has 5 nitrogen and oxygen atoms in total. The molecule has 0 amide bonds. The molecule has 3 N–H and O–H groups in total. The van der Waals surface area contributed by atoms with Crippen molar-refractivity contribution in [1.29, 1.82) is 0 Å². The Labute approximate surface area is 120 Å². The number of benzene rings is 2. The quantitative estimate of drug-likeness (QED) is 0.755. The number of nitrogens with zero attached hydrogens (tertiary/aromatic N) is 2. The number of halogens is 1. The lowest BCUT2D eigenvalue weighted by atomic mass is 10.2. The molecule has 0 aliphatic heterocycles. The Morgan fingerprint density at radius 2 is 1.65 bits per heavy atom. The first kappa shape index (κ1) is 14.5. The highest BCUT2D eigenvalue weighted by molar-refractivity contribution is 6.31. The SMILES string of the molecule is OCc1ccc(N=Nc2cc(Cl)cc(CO)c2O)cc1. The monoisotopic (exact) mass is 292 g/mol. The van der Waals surface area contributed by atoms with Gasteiger partial charge in [-0.2, -0.15) is 5.11 Å². The summed E-state index contributed by atoms with van der Waals surface area (Å²) in [6.45, 7) is -0.369. The highest BCUT2D eigenvalue weighted by Gasteiger charge is 2.08. The molecule has 0 saturated heterocycles. The van der Waals surface area contributed by atoms with Gasteiger partial charge in [-0.05, 0) is 29.8 Å². The molecule has 0 saturated carbocycles. The molecule has 0 bridgehead atoms. The van der Waals surface area contributed by atoms with Crippen molar-refractivity contribution in [2.75, 3.05) is 0 Å². The molecule has 0 aliphatic rings. The average molecular weight is 293 g/mol. The summed E-state index contributed by atoms with van der Waals surface area (Å²) in [6.07, 6.45) is 0. The van der Waals surface area contributed by atoms with Crippen LogP contribution in [-0.2, 0) is 13.2 Å². The van der Waals surface area contributed by atoms with Gasteiger partial charge in [-0.3, -0.25) is 0 Å². The van der Waals surface area contributed by atoms with Crippen LogP contribution in [0.2, 0.25) is 5.02 Å². The fraction of sp³-hybridized carbons (Fsp3) is 0.143. The van der Waals surface area contributed by atoms with Gasteiger partial charge in [0.1, 0.15) is 11.4 Å². The lowest BCUT2D eigenvalue weighted by Gasteiger charge is -2.04. The van der Waals surface area contributed by atoms with Crippen LogP contribution in [0.25, 0.3) is 0 Å². The first-order valence-electron chi connectivity index (χ1n) is 5.88. The van der Waals surface area contributed by atoms with Crippen molar-refractivity contribution in [1.82, 2.24) is 0 Å². The third-order valence-corrected chi connectivity index (χ3v) is 2.91. The van der Waals surface area contributed by atoms with Crippen LogP contribution in [0.15, 0.2) is 46.6 Å². The van der Waals surface area contributed by atoms with Crippen LogP contribution in [0, 0.1) is 0 Å². The van der Waals surface area contributed by atoms with Gasteiger partial charge in [-0.15, -0.1) is 5.11 Å². The first-order chi connectivity index (χ1) is 9.63. The number of azo groups is 1. The molecule has 0 fully saturated rings. The van der Waals surface area contributed by atoms with E-state index in [2.05, 4.69) is 10.2 Å². The van der Waals surface area contributed by atoms with E-state index in [4.69, 9.17) is 21.8 Å². The van der Waals surface area contributed by atoms with Gasteiger partial charge in [0.2, 0.25) is 0 Å². The smallest absolute Gasteiger partial charge is 0.148 e. The summed E-state index contributed by atoms with van der Waals surface area (Å²) in [5.41, 5.74) is 1.83. The van der Waals surface area contributed by atoms with Gasteiger partial charge in [-0.25, -0.2) is 0 Å². The van der Waals surface area contributed by atoms with E-state index in [-0.39, 0.29) is 24.7 Å². The minimum absolute atomic E-state index is 0.0354. The van der Waals surface area contributed by atoms with Gasteiger partial charge in [-0.1, -0.05) is 23.7 Å². The second kappa shape index (κ2) is 6.47. The number of rotatable bonds is 4. The molecule has 6 heteroatoms. The largest absolute Gasteiger partial charge is 0.505 e. The molecule has 0 unspecified atom stereocenters. The van der Waals surface area contributed by atoms with Crippen LogP contribution in [0.5, 0.6) is 5.75 Å². The molecular formula is C14H13ClN2O3. The van der Waals surface area contributed by atoms with Crippen molar-refractivity contribution in [2.45, 2.75) is 13.2 Å². The number of aliphatic hydroxyl groups excluding tert-OH is 2. The summed E-state index contributed by atoms with van der Waals surface area (Å²) in [7, 11) is 0. The van der Waals surface area contributed by atoms with Crippen LogP contribution >= 0.6 is 11.6 Å². The fourth-order valence-corrected chi connectivity index (χ4v) is 1.85. The maximum atomic E-state index is 9.87. The molecule has 0 aliphatic carbocycles. The molecule has 0 atom stereocenters. The molecule has 2 aromatic rings. The molecule has 0 heterocycles. The first-order valence-corrected chi connectivity index (χ1v) is 6.25. The van der Waals surface area contributed by atoms with E-state index in [1.165, 1.54) is 12.1 Å². The second-order valence-electron chi connectivity index (χ2n) is 4.12. The van der Waals surface area contributed by atoms with Gasteiger partial charge >= 0.3 is 0 Å². The van der Waals surface area contributed by atoms with Gasteiger partial charge in [0.05, 0.1) is 18.9 Å². The third-order valence-electron chi connectivity index (χ3n) is 2.70. The van der Waals surface area contributed by atoms with E-state index >= 15 is 0 Å². The van der Waals surface area contributed by atoms with Crippen molar-refractivity contribution in [3.63, 3.8) is 0 Å². The molecule has 2 rings (SSSR count). The zero-order chi connectivity index (χ0) is 14.5. The molecule has 0 aromatic heterocycles. The summed E-state index contributed by atoms with van der Waals surface area (Å²) in [5, 5.41) is 36.1.